The molecule has 0 bridgehead atoms. The Hall–Kier alpha value is -2.53. The molecule has 6 heteroatoms. The van der Waals surface area contributed by atoms with E-state index in [0.717, 1.165) is 68.6 Å². The minimum Gasteiger partial charge on any atom is -0.493 e. The van der Waals surface area contributed by atoms with Gasteiger partial charge in [-0.3, -0.25) is 9.59 Å². The lowest BCUT2D eigenvalue weighted by Crippen LogP contribution is -2.52. The molecule has 194 valence electrons. The molecule has 2 atom stereocenters. The Labute approximate surface area is 220 Å². The number of halogens is 1. The molecule has 0 aromatic heterocycles. The second-order valence-electron chi connectivity index (χ2n) is 10.6. The maximum Gasteiger partial charge on any atom is 0.230 e. The van der Waals surface area contributed by atoms with E-state index in [0.29, 0.717) is 24.6 Å². The van der Waals surface area contributed by atoms with Crippen LogP contribution < -0.4 is 4.74 Å². The normalized spacial score (nSPS) is 21.2. The largest absolute Gasteiger partial charge is 0.493 e. The summed E-state index contributed by atoms with van der Waals surface area (Å²) in [6.07, 6.45) is 6.22. The molecule has 4 rings (SSSR count). The van der Waals surface area contributed by atoms with Crippen molar-refractivity contribution in [1.29, 1.82) is 0 Å². The van der Waals surface area contributed by atoms with Crippen LogP contribution >= 0.6 is 11.6 Å². The number of ether oxygens (including phenoxy) is 1. The van der Waals surface area contributed by atoms with Crippen molar-refractivity contribution >= 4 is 23.4 Å². The molecule has 0 unspecified atom stereocenters. The Balaban J connectivity index is 1.54. The molecular formula is C30H39ClN2O3. The summed E-state index contributed by atoms with van der Waals surface area (Å²) in [5.74, 6) is 0.927. The number of carbonyl (C=O) groups excluding carboxylic acids is 2. The lowest BCUT2D eigenvalue weighted by Gasteiger charge is -2.44. The fraction of sp³-hybridized carbons (Fsp3) is 0.533. The summed E-state index contributed by atoms with van der Waals surface area (Å²) in [7, 11) is 0. The van der Waals surface area contributed by atoms with Gasteiger partial charge in [0.2, 0.25) is 11.8 Å². The highest BCUT2D eigenvalue weighted by Crippen LogP contribution is 2.37. The lowest BCUT2D eigenvalue weighted by atomic mass is 9.76. The molecule has 0 radical (unpaired) electrons. The highest BCUT2D eigenvalue weighted by molar-refractivity contribution is 6.31. The van der Waals surface area contributed by atoms with E-state index in [1.165, 1.54) is 6.42 Å². The van der Waals surface area contributed by atoms with Crippen LogP contribution in [0.25, 0.3) is 0 Å². The van der Waals surface area contributed by atoms with Crippen LogP contribution in [0, 0.1) is 12.3 Å². The summed E-state index contributed by atoms with van der Waals surface area (Å²) in [6.45, 7) is 7.36. The van der Waals surface area contributed by atoms with Gasteiger partial charge < -0.3 is 14.5 Å². The molecule has 36 heavy (non-hydrogen) atoms. The van der Waals surface area contributed by atoms with Crippen LogP contribution in [0.4, 0.5) is 0 Å². The first-order valence-electron chi connectivity index (χ1n) is 13.4. The van der Waals surface area contributed by atoms with Crippen LogP contribution in [0.15, 0.2) is 48.5 Å². The second kappa shape index (κ2) is 12.1. The molecule has 2 aromatic carbocycles. The average molecular weight is 511 g/mol. The van der Waals surface area contributed by atoms with Crippen molar-refractivity contribution in [3.8, 4) is 5.75 Å². The number of nitrogens with zero attached hydrogens (tertiary/aromatic N) is 2. The summed E-state index contributed by atoms with van der Waals surface area (Å²) in [4.78, 5) is 31.2. The summed E-state index contributed by atoms with van der Waals surface area (Å²) < 4.78 is 6.31. The molecule has 0 aliphatic carbocycles. The van der Waals surface area contributed by atoms with Crippen LogP contribution in [-0.2, 0) is 9.59 Å². The smallest absolute Gasteiger partial charge is 0.230 e. The van der Waals surface area contributed by atoms with E-state index in [2.05, 4.69) is 6.92 Å². The van der Waals surface area contributed by atoms with E-state index in [1.807, 2.05) is 65.3 Å². The molecule has 0 N–H and O–H groups in total. The Kier molecular flexibility index (Phi) is 8.95. The fourth-order valence-electron chi connectivity index (χ4n) is 5.69. The number of piperidine rings is 2. The SMILES string of the molecule is CC[C@H](C(=O)N1CCC[C@@](COc2ccc(Cl)c(C)c2)(CC(=O)N2CCCCC2)C1)c1ccccc1. The first-order chi connectivity index (χ1) is 17.4. The maximum absolute atomic E-state index is 13.7. The van der Waals surface area contributed by atoms with Gasteiger partial charge in [0.25, 0.3) is 0 Å². The van der Waals surface area contributed by atoms with Gasteiger partial charge in [-0.1, -0.05) is 48.9 Å². The molecule has 2 amide bonds. The van der Waals surface area contributed by atoms with Crippen LogP contribution in [0.1, 0.15) is 68.9 Å². The first-order valence-corrected chi connectivity index (χ1v) is 13.8. The molecule has 2 aliphatic rings. The minimum absolute atomic E-state index is 0.153. The van der Waals surface area contributed by atoms with Gasteiger partial charge in [-0.2, -0.15) is 0 Å². The summed E-state index contributed by atoms with van der Waals surface area (Å²) in [5, 5.41) is 0.707. The minimum atomic E-state index is -0.412. The molecule has 0 saturated carbocycles. The zero-order valence-electron chi connectivity index (χ0n) is 21.7. The van der Waals surface area contributed by atoms with Crippen molar-refractivity contribution < 1.29 is 14.3 Å². The Bertz CT molecular complexity index is 1040. The Morgan fingerprint density at radius 3 is 2.42 bits per heavy atom. The lowest BCUT2D eigenvalue weighted by molar-refractivity contribution is -0.143. The van der Waals surface area contributed by atoms with E-state index in [1.54, 1.807) is 0 Å². The molecule has 2 aromatic rings. The van der Waals surface area contributed by atoms with Crippen molar-refractivity contribution in [2.75, 3.05) is 32.8 Å². The highest BCUT2D eigenvalue weighted by atomic mass is 35.5. The van der Waals surface area contributed by atoms with Gasteiger partial charge >= 0.3 is 0 Å². The predicted octanol–water partition coefficient (Wildman–Crippen LogP) is 6.23. The number of aryl methyl sites for hydroxylation is 1. The predicted molar refractivity (Wildman–Crippen MR) is 144 cm³/mol. The molecule has 2 saturated heterocycles. The first kappa shape index (κ1) is 26.5. The molecule has 2 aliphatic heterocycles. The van der Waals surface area contributed by atoms with Crippen LogP contribution in [-0.4, -0.2) is 54.4 Å². The number of hydrogen-bond acceptors (Lipinski definition) is 3. The van der Waals surface area contributed by atoms with E-state index >= 15 is 0 Å². The van der Waals surface area contributed by atoms with Gasteiger partial charge in [0.1, 0.15) is 5.75 Å². The van der Waals surface area contributed by atoms with Gasteiger partial charge in [0, 0.05) is 43.0 Å². The standard InChI is InChI=1S/C30H39ClN2O3/c1-3-26(24-11-6-4-7-12-24)29(35)33-18-10-15-30(21-33,20-28(34)32-16-8-5-9-17-32)22-36-25-13-14-27(31)23(2)19-25/h4,6-7,11-14,19,26H,3,5,8-10,15-18,20-22H2,1-2H3/t26-,30+/m0/s1. The maximum atomic E-state index is 13.7. The Morgan fingerprint density at radius 2 is 1.72 bits per heavy atom. The quantitative estimate of drug-likeness (QED) is 0.423. The van der Waals surface area contributed by atoms with Gasteiger partial charge in [0.05, 0.1) is 12.5 Å². The summed E-state index contributed by atoms with van der Waals surface area (Å²) >= 11 is 6.21. The zero-order valence-corrected chi connectivity index (χ0v) is 22.4. The summed E-state index contributed by atoms with van der Waals surface area (Å²) in [6, 6.07) is 15.7. The van der Waals surface area contributed by atoms with Crippen molar-refractivity contribution in [3.05, 3.63) is 64.7 Å². The van der Waals surface area contributed by atoms with Crippen LogP contribution in [0.3, 0.4) is 0 Å². The highest BCUT2D eigenvalue weighted by Gasteiger charge is 2.42. The monoisotopic (exact) mass is 510 g/mol. The fourth-order valence-corrected chi connectivity index (χ4v) is 5.80. The molecular weight excluding hydrogens is 472 g/mol. The van der Waals surface area contributed by atoms with Crippen molar-refractivity contribution in [1.82, 2.24) is 9.80 Å². The third-order valence-corrected chi connectivity index (χ3v) is 8.21. The average Bonchev–Trinajstić information content (AvgIpc) is 2.91. The summed E-state index contributed by atoms with van der Waals surface area (Å²) in [5.41, 5.74) is 1.60. The van der Waals surface area contributed by atoms with Gasteiger partial charge in [-0.05, 0) is 74.8 Å². The topological polar surface area (TPSA) is 49.9 Å². The van der Waals surface area contributed by atoms with Gasteiger partial charge in [-0.25, -0.2) is 0 Å². The molecule has 2 heterocycles. The van der Waals surface area contributed by atoms with Crippen LogP contribution in [0.5, 0.6) is 5.75 Å². The van der Waals surface area contributed by atoms with Gasteiger partial charge in [0.15, 0.2) is 0 Å². The number of amides is 2. The number of carbonyl (C=O) groups is 2. The number of likely N-dealkylation sites (tertiary alicyclic amines) is 2. The second-order valence-corrected chi connectivity index (χ2v) is 11.0. The Morgan fingerprint density at radius 1 is 1.00 bits per heavy atom. The third kappa shape index (κ3) is 6.42. The van der Waals surface area contributed by atoms with E-state index in [9.17, 15) is 9.59 Å². The van der Waals surface area contributed by atoms with Crippen molar-refractivity contribution in [3.63, 3.8) is 0 Å². The number of benzene rings is 2. The van der Waals surface area contributed by atoms with E-state index in [-0.39, 0.29) is 17.7 Å². The van der Waals surface area contributed by atoms with Gasteiger partial charge in [-0.15, -0.1) is 0 Å². The molecule has 2 fully saturated rings. The van der Waals surface area contributed by atoms with Crippen LogP contribution in [0.2, 0.25) is 5.02 Å². The van der Waals surface area contributed by atoms with E-state index < -0.39 is 5.41 Å². The zero-order chi connectivity index (χ0) is 25.5. The van der Waals surface area contributed by atoms with E-state index in [4.69, 9.17) is 16.3 Å². The molecule has 5 nitrogen and oxygen atoms in total. The van der Waals surface area contributed by atoms with Crippen molar-refractivity contribution in [2.24, 2.45) is 5.41 Å². The number of rotatable bonds is 8. The third-order valence-electron chi connectivity index (χ3n) is 7.79. The molecule has 0 spiro atoms. The number of hydrogen-bond donors (Lipinski definition) is 0. The van der Waals surface area contributed by atoms with Crippen molar-refractivity contribution in [2.45, 2.75) is 64.7 Å².